The molecule has 2 aromatic rings. The first-order valence-electron chi connectivity index (χ1n) is 11.8. The molecule has 0 saturated carbocycles. The van der Waals surface area contributed by atoms with Crippen LogP contribution in [0.2, 0.25) is 0 Å². The zero-order valence-electron chi connectivity index (χ0n) is 20.4. The topological polar surface area (TPSA) is 79.3 Å². The van der Waals surface area contributed by atoms with Gasteiger partial charge in [-0.1, -0.05) is 26.0 Å². The van der Waals surface area contributed by atoms with Gasteiger partial charge in [0, 0.05) is 12.1 Å². The first-order chi connectivity index (χ1) is 16.4. The fourth-order valence-electron chi connectivity index (χ4n) is 4.28. The lowest BCUT2D eigenvalue weighted by Crippen LogP contribution is -2.33. The van der Waals surface area contributed by atoms with Gasteiger partial charge in [-0.15, -0.1) is 0 Å². The molecule has 0 spiro atoms. The van der Waals surface area contributed by atoms with Crippen molar-refractivity contribution in [2.75, 3.05) is 39.9 Å². The lowest BCUT2D eigenvalue weighted by molar-refractivity contribution is -0.140. The van der Waals surface area contributed by atoms with Crippen molar-refractivity contribution < 1.29 is 24.2 Å². The number of amides is 1. The minimum atomic E-state index is -0.672. The fourth-order valence-corrected chi connectivity index (χ4v) is 4.28. The molecule has 2 aromatic carbocycles. The van der Waals surface area contributed by atoms with E-state index >= 15 is 0 Å². The SMILES string of the molecule is CCOc1ccc(C(O)=C2C(=O)C(=O)N(CCCN(CC)CC)C2c2ccc(OC)cc2)cc1. The number of hydrogen-bond acceptors (Lipinski definition) is 6. The number of Topliss-reactive ketones (excluding diaryl/α,β-unsaturated/α-hetero) is 1. The van der Waals surface area contributed by atoms with Crippen molar-refractivity contribution in [1.82, 2.24) is 9.80 Å². The summed E-state index contributed by atoms with van der Waals surface area (Å²) in [5, 5.41) is 11.2. The second kappa shape index (κ2) is 11.7. The summed E-state index contributed by atoms with van der Waals surface area (Å²) in [5.41, 5.74) is 1.31. The molecule has 3 rings (SSSR count). The maximum absolute atomic E-state index is 13.1. The molecule has 0 aromatic heterocycles. The molecule has 7 nitrogen and oxygen atoms in total. The summed E-state index contributed by atoms with van der Waals surface area (Å²) < 4.78 is 10.7. The first kappa shape index (κ1) is 25.3. The molecule has 7 heteroatoms. The van der Waals surface area contributed by atoms with Crippen LogP contribution in [0.1, 0.15) is 44.4 Å². The number of ether oxygens (including phenoxy) is 2. The average molecular weight is 467 g/mol. The van der Waals surface area contributed by atoms with E-state index in [1.807, 2.05) is 19.1 Å². The second-order valence-electron chi connectivity index (χ2n) is 8.10. The average Bonchev–Trinajstić information content (AvgIpc) is 3.12. The van der Waals surface area contributed by atoms with Crippen LogP contribution in [0.25, 0.3) is 5.76 Å². The summed E-state index contributed by atoms with van der Waals surface area (Å²) in [6.07, 6.45) is 0.727. The Morgan fingerprint density at radius 2 is 1.59 bits per heavy atom. The Balaban J connectivity index is 2.00. The maximum Gasteiger partial charge on any atom is 0.295 e. The highest BCUT2D eigenvalue weighted by atomic mass is 16.5. The minimum Gasteiger partial charge on any atom is -0.507 e. The van der Waals surface area contributed by atoms with Gasteiger partial charge in [-0.3, -0.25) is 9.59 Å². The van der Waals surface area contributed by atoms with Crippen molar-refractivity contribution in [2.24, 2.45) is 0 Å². The standard InChI is InChI=1S/C27H34N2O5/c1-5-28(6-2)17-8-18-29-24(19-9-13-21(33-4)14-10-19)23(26(31)27(29)32)25(30)20-11-15-22(16-12-20)34-7-3/h9-16,24,30H,5-8,17-18H2,1-4H3. The number of ketones is 1. The third-order valence-electron chi connectivity index (χ3n) is 6.18. The van der Waals surface area contributed by atoms with Crippen LogP contribution >= 0.6 is 0 Å². The summed E-state index contributed by atoms with van der Waals surface area (Å²) in [6, 6.07) is 13.4. The minimum absolute atomic E-state index is 0.0992. The van der Waals surface area contributed by atoms with Crippen molar-refractivity contribution in [2.45, 2.75) is 33.2 Å². The summed E-state index contributed by atoms with van der Waals surface area (Å²) in [6.45, 7) is 9.71. The highest BCUT2D eigenvalue weighted by Crippen LogP contribution is 2.40. The number of rotatable bonds is 11. The van der Waals surface area contributed by atoms with Crippen molar-refractivity contribution in [3.63, 3.8) is 0 Å². The highest BCUT2D eigenvalue weighted by Gasteiger charge is 2.45. The van der Waals surface area contributed by atoms with Gasteiger partial charge in [0.05, 0.1) is 25.3 Å². The quantitative estimate of drug-likeness (QED) is 0.303. The largest absolute Gasteiger partial charge is 0.507 e. The molecule has 1 amide bonds. The Morgan fingerprint density at radius 1 is 0.971 bits per heavy atom. The molecule has 1 atom stereocenters. The predicted octanol–water partition coefficient (Wildman–Crippen LogP) is 4.25. The van der Waals surface area contributed by atoms with Crippen molar-refractivity contribution in [1.29, 1.82) is 0 Å². The van der Waals surface area contributed by atoms with E-state index in [9.17, 15) is 14.7 Å². The van der Waals surface area contributed by atoms with Crippen molar-refractivity contribution in [3.05, 3.63) is 65.2 Å². The molecule has 182 valence electrons. The predicted molar refractivity (Wildman–Crippen MR) is 132 cm³/mol. The van der Waals surface area contributed by atoms with Crippen molar-refractivity contribution in [3.8, 4) is 11.5 Å². The summed E-state index contributed by atoms with van der Waals surface area (Å²) in [4.78, 5) is 30.1. The van der Waals surface area contributed by atoms with Crippen LogP contribution in [-0.2, 0) is 9.59 Å². The fraction of sp³-hybridized carbons (Fsp3) is 0.407. The molecule has 34 heavy (non-hydrogen) atoms. The number of benzene rings is 2. The Morgan fingerprint density at radius 3 is 2.15 bits per heavy atom. The maximum atomic E-state index is 13.1. The third kappa shape index (κ3) is 5.42. The van der Waals surface area contributed by atoms with Gasteiger partial charge in [-0.25, -0.2) is 0 Å². The zero-order chi connectivity index (χ0) is 24.7. The lowest BCUT2D eigenvalue weighted by atomic mass is 9.95. The van der Waals surface area contributed by atoms with E-state index < -0.39 is 17.7 Å². The van der Waals surface area contributed by atoms with E-state index in [1.165, 1.54) is 0 Å². The summed E-state index contributed by atoms with van der Waals surface area (Å²) >= 11 is 0. The smallest absolute Gasteiger partial charge is 0.295 e. The summed E-state index contributed by atoms with van der Waals surface area (Å²) in [7, 11) is 1.58. The van der Waals surface area contributed by atoms with E-state index in [0.717, 1.165) is 31.6 Å². The van der Waals surface area contributed by atoms with Crippen LogP contribution in [0.4, 0.5) is 0 Å². The number of aliphatic hydroxyl groups excluding tert-OH is 1. The zero-order valence-corrected chi connectivity index (χ0v) is 20.4. The molecule has 0 radical (unpaired) electrons. The molecule has 1 aliphatic heterocycles. The van der Waals surface area contributed by atoms with Crippen LogP contribution < -0.4 is 9.47 Å². The Bertz CT molecular complexity index is 1010. The molecular weight excluding hydrogens is 432 g/mol. The van der Waals surface area contributed by atoms with E-state index in [4.69, 9.17) is 9.47 Å². The van der Waals surface area contributed by atoms with Gasteiger partial charge in [0.25, 0.3) is 11.7 Å². The Hall–Kier alpha value is -3.32. The number of nitrogens with zero attached hydrogens (tertiary/aromatic N) is 2. The van der Waals surface area contributed by atoms with Gasteiger partial charge in [0.15, 0.2) is 0 Å². The number of likely N-dealkylation sites (tertiary alicyclic amines) is 1. The van der Waals surface area contributed by atoms with Crippen LogP contribution in [0.3, 0.4) is 0 Å². The van der Waals surface area contributed by atoms with Gasteiger partial charge < -0.3 is 24.4 Å². The van der Waals surface area contributed by atoms with Gasteiger partial charge >= 0.3 is 0 Å². The van der Waals surface area contributed by atoms with Gasteiger partial charge in [-0.2, -0.15) is 0 Å². The van der Waals surface area contributed by atoms with Crippen molar-refractivity contribution >= 4 is 17.4 Å². The normalized spacial score (nSPS) is 17.4. The molecular formula is C27H34N2O5. The molecule has 0 bridgehead atoms. The first-order valence-corrected chi connectivity index (χ1v) is 11.8. The van der Waals surface area contributed by atoms with Gasteiger partial charge in [0.2, 0.25) is 0 Å². The third-order valence-corrected chi connectivity index (χ3v) is 6.18. The number of aliphatic hydroxyl groups is 1. The molecule has 1 aliphatic rings. The second-order valence-corrected chi connectivity index (χ2v) is 8.10. The molecule has 1 heterocycles. The molecule has 1 saturated heterocycles. The monoisotopic (exact) mass is 466 g/mol. The Labute approximate surface area is 201 Å². The number of methoxy groups -OCH3 is 1. The van der Waals surface area contributed by atoms with E-state index in [0.29, 0.717) is 30.2 Å². The number of hydrogen-bond donors (Lipinski definition) is 1. The number of carbonyl (C=O) groups is 2. The Kier molecular flexibility index (Phi) is 8.71. The molecule has 1 unspecified atom stereocenters. The van der Waals surface area contributed by atoms with Crippen LogP contribution in [-0.4, -0.2) is 66.5 Å². The lowest BCUT2D eigenvalue weighted by Gasteiger charge is -2.27. The molecule has 1 fully saturated rings. The van der Waals surface area contributed by atoms with Crippen LogP contribution in [0, 0.1) is 0 Å². The van der Waals surface area contributed by atoms with Gasteiger partial charge in [0.1, 0.15) is 17.3 Å². The van der Waals surface area contributed by atoms with E-state index in [1.54, 1.807) is 48.4 Å². The van der Waals surface area contributed by atoms with Crippen LogP contribution in [0.5, 0.6) is 11.5 Å². The van der Waals surface area contributed by atoms with E-state index in [2.05, 4.69) is 18.7 Å². The molecule has 1 N–H and O–H groups in total. The van der Waals surface area contributed by atoms with Gasteiger partial charge in [-0.05, 0) is 74.9 Å². The van der Waals surface area contributed by atoms with Crippen LogP contribution in [0.15, 0.2) is 54.1 Å². The molecule has 0 aliphatic carbocycles. The highest BCUT2D eigenvalue weighted by molar-refractivity contribution is 6.46. The summed E-state index contributed by atoms with van der Waals surface area (Å²) in [5.74, 6) is -0.104. The van der Waals surface area contributed by atoms with E-state index in [-0.39, 0.29) is 11.3 Å². The number of carbonyl (C=O) groups excluding carboxylic acids is 2.